The van der Waals surface area contributed by atoms with Gasteiger partial charge in [-0.1, -0.05) is 0 Å². The van der Waals surface area contributed by atoms with Crippen LogP contribution in [0.3, 0.4) is 0 Å². The monoisotopic (exact) mass is 249 g/mol. The van der Waals surface area contributed by atoms with Gasteiger partial charge in [0.05, 0.1) is 0 Å². The minimum atomic E-state index is -0.561. The van der Waals surface area contributed by atoms with Crippen LogP contribution < -0.4 is 16.4 Å². The number of aryl methyl sites for hydroxylation is 1. The molecule has 0 bridgehead atoms. The first kappa shape index (κ1) is 14.0. The van der Waals surface area contributed by atoms with Gasteiger partial charge in [-0.05, 0) is 44.5 Å². The van der Waals surface area contributed by atoms with Crippen LogP contribution in [0.2, 0.25) is 0 Å². The topological polar surface area (TPSA) is 84.2 Å². The molecule has 0 fully saturated rings. The first-order valence-electron chi connectivity index (χ1n) is 5.90. The Hall–Kier alpha value is -2.04. The fourth-order valence-corrected chi connectivity index (χ4v) is 1.61. The number of carbonyl (C=O) groups is 2. The highest BCUT2D eigenvalue weighted by atomic mass is 16.2. The second-order valence-corrected chi connectivity index (χ2v) is 4.16. The van der Waals surface area contributed by atoms with E-state index in [2.05, 4.69) is 10.6 Å². The molecule has 0 aliphatic heterocycles. The van der Waals surface area contributed by atoms with Crippen molar-refractivity contribution in [1.29, 1.82) is 0 Å². The second-order valence-electron chi connectivity index (χ2n) is 4.16. The van der Waals surface area contributed by atoms with Gasteiger partial charge in [-0.25, -0.2) is 0 Å². The van der Waals surface area contributed by atoms with Crippen LogP contribution in [0.15, 0.2) is 18.2 Å². The van der Waals surface area contributed by atoms with Crippen molar-refractivity contribution in [2.24, 2.45) is 0 Å². The summed E-state index contributed by atoms with van der Waals surface area (Å²) in [6.07, 6.45) is 0. The van der Waals surface area contributed by atoms with Crippen molar-refractivity contribution < 1.29 is 9.59 Å². The number of nitrogen functional groups attached to an aromatic ring is 1. The number of rotatable bonds is 4. The highest BCUT2D eigenvalue weighted by Crippen LogP contribution is 2.12. The largest absolute Gasteiger partial charge is 0.399 e. The standard InChI is InChI=1S/C13H19N3O2/c1-4-15-12(17)9(3)16-13(18)11-6-5-10(14)7-8(11)2/h5-7,9H,4,14H2,1-3H3,(H,15,17)(H,16,18). The van der Waals surface area contributed by atoms with Crippen molar-refractivity contribution in [1.82, 2.24) is 10.6 Å². The van der Waals surface area contributed by atoms with Crippen LogP contribution in [-0.2, 0) is 4.79 Å². The minimum absolute atomic E-state index is 0.195. The van der Waals surface area contributed by atoms with Crippen LogP contribution in [0, 0.1) is 6.92 Å². The van der Waals surface area contributed by atoms with E-state index in [-0.39, 0.29) is 11.8 Å². The van der Waals surface area contributed by atoms with Gasteiger partial charge in [-0.15, -0.1) is 0 Å². The number of nitrogens with two attached hydrogens (primary N) is 1. The Morgan fingerprint density at radius 2 is 2.06 bits per heavy atom. The van der Waals surface area contributed by atoms with E-state index in [4.69, 9.17) is 5.73 Å². The maximum Gasteiger partial charge on any atom is 0.252 e. The van der Waals surface area contributed by atoms with Crippen LogP contribution in [0.4, 0.5) is 5.69 Å². The molecule has 18 heavy (non-hydrogen) atoms. The molecule has 0 aliphatic carbocycles. The lowest BCUT2D eigenvalue weighted by Crippen LogP contribution is -2.44. The summed E-state index contributed by atoms with van der Waals surface area (Å²) in [5.41, 5.74) is 7.55. The van der Waals surface area contributed by atoms with Crippen molar-refractivity contribution in [3.8, 4) is 0 Å². The van der Waals surface area contributed by atoms with E-state index < -0.39 is 6.04 Å². The van der Waals surface area contributed by atoms with Gasteiger partial charge in [0.15, 0.2) is 0 Å². The number of carbonyl (C=O) groups excluding carboxylic acids is 2. The quantitative estimate of drug-likeness (QED) is 0.691. The first-order valence-corrected chi connectivity index (χ1v) is 5.90. The molecule has 0 spiro atoms. The lowest BCUT2D eigenvalue weighted by atomic mass is 10.1. The molecular weight excluding hydrogens is 230 g/mol. The zero-order chi connectivity index (χ0) is 13.7. The molecule has 98 valence electrons. The van der Waals surface area contributed by atoms with E-state index in [1.165, 1.54) is 0 Å². The molecule has 0 saturated heterocycles. The zero-order valence-electron chi connectivity index (χ0n) is 10.9. The van der Waals surface area contributed by atoms with Gasteiger partial charge in [0.2, 0.25) is 5.91 Å². The van der Waals surface area contributed by atoms with Gasteiger partial charge >= 0.3 is 0 Å². The molecule has 4 N–H and O–H groups in total. The van der Waals surface area contributed by atoms with Crippen molar-refractivity contribution in [3.05, 3.63) is 29.3 Å². The third-order valence-corrected chi connectivity index (χ3v) is 2.59. The Morgan fingerprint density at radius 3 is 2.61 bits per heavy atom. The summed E-state index contributed by atoms with van der Waals surface area (Å²) in [5.74, 6) is -0.467. The van der Waals surface area contributed by atoms with E-state index in [1.54, 1.807) is 25.1 Å². The fourth-order valence-electron chi connectivity index (χ4n) is 1.61. The average Bonchev–Trinajstić information content (AvgIpc) is 2.28. The van der Waals surface area contributed by atoms with Crippen LogP contribution >= 0.6 is 0 Å². The van der Waals surface area contributed by atoms with Crippen LogP contribution in [0.1, 0.15) is 29.8 Å². The van der Waals surface area contributed by atoms with E-state index >= 15 is 0 Å². The molecule has 0 radical (unpaired) electrons. The SMILES string of the molecule is CCNC(=O)C(C)NC(=O)c1ccc(N)cc1C. The molecule has 0 heterocycles. The van der Waals surface area contributed by atoms with E-state index in [0.29, 0.717) is 17.8 Å². The minimum Gasteiger partial charge on any atom is -0.399 e. The van der Waals surface area contributed by atoms with Crippen LogP contribution in [0.5, 0.6) is 0 Å². The number of nitrogens with one attached hydrogen (secondary N) is 2. The third-order valence-electron chi connectivity index (χ3n) is 2.59. The summed E-state index contributed by atoms with van der Waals surface area (Å²) in [6, 6.07) is 4.49. The Kier molecular flexibility index (Phi) is 4.71. The molecule has 1 aromatic carbocycles. The van der Waals surface area contributed by atoms with Gasteiger partial charge in [0.1, 0.15) is 6.04 Å². The van der Waals surface area contributed by atoms with Crippen molar-refractivity contribution in [3.63, 3.8) is 0 Å². The first-order chi connectivity index (χ1) is 8.45. The van der Waals surface area contributed by atoms with E-state index in [0.717, 1.165) is 5.56 Å². The maximum absolute atomic E-state index is 12.0. The fraction of sp³-hybridized carbons (Fsp3) is 0.385. The summed E-state index contributed by atoms with van der Waals surface area (Å²) in [6.45, 7) is 5.83. The zero-order valence-corrected chi connectivity index (χ0v) is 10.9. The molecule has 5 nitrogen and oxygen atoms in total. The Morgan fingerprint density at radius 1 is 1.39 bits per heavy atom. The summed E-state index contributed by atoms with van der Waals surface area (Å²) in [4.78, 5) is 23.5. The molecule has 5 heteroatoms. The third kappa shape index (κ3) is 3.48. The molecule has 1 rings (SSSR count). The average molecular weight is 249 g/mol. The molecule has 0 aromatic heterocycles. The summed E-state index contributed by atoms with van der Waals surface area (Å²) < 4.78 is 0. The number of hydrogen-bond acceptors (Lipinski definition) is 3. The molecule has 2 amide bonds. The summed E-state index contributed by atoms with van der Waals surface area (Å²) in [5, 5.41) is 5.30. The molecule has 0 saturated carbocycles. The van der Waals surface area contributed by atoms with Gasteiger partial charge in [0, 0.05) is 17.8 Å². The predicted molar refractivity (Wildman–Crippen MR) is 71.2 cm³/mol. The maximum atomic E-state index is 12.0. The van der Waals surface area contributed by atoms with E-state index in [9.17, 15) is 9.59 Å². The summed E-state index contributed by atoms with van der Waals surface area (Å²) >= 11 is 0. The van der Waals surface area contributed by atoms with Gasteiger partial charge in [-0.2, -0.15) is 0 Å². The van der Waals surface area contributed by atoms with Gasteiger partial charge < -0.3 is 16.4 Å². The molecule has 1 unspecified atom stereocenters. The van der Waals surface area contributed by atoms with Gasteiger partial charge in [-0.3, -0.25) is 9.59 Å². The van der Waals surface area contributed by atoms with Crippen LogP contribution in [0.25, 0.3) is 0 Å². The van der Waals surface area contributed by atoms with Crippen molar-refractivity contribution in [2.45, 2.75) is 26.8 Å². The number of hydrogen-bond donors (Lipinski definition) is 3. The predicted octanol–water partition coefficient (Wildman–Crippen LogP) is 0.832. The number of likely N-dealkylation sites (N-methyl/N-ethyl adjacent to an activating group) is 1. The van der Waals surface area contributed by atoms with Gasteiger partial charge in [0.25, 0.3) is 5.91 Å². The van der Waals surface area contributed by atoms with E-state index in [1.807, 2.05) is 13.8 Å². The van der Waals surface area contributed by atoms with Crippen LogP contribution in [-0.4, -0.2) is 24.4 Å². The Labute approximate surface area is 107 Å². The number of benzene rings is 1. The molecular formula is C13H19N3O2. The molecule has 1 aromatic rings. The number of amides is 2. The second kappa shape index (κ2) is 6.05. The summed E-state index contributed by atoms with van der Waals surface area (Å²) in [7, 11) is 0. The van der Waals surface area contributed by atoms with Crippen molar-refractivity contribution >= 4 is 17.5 Å². The number of anilines is 1. The molecule has 0 aliphatic rings. The normalized spacial score (nSPS) is 11.7. The Balaban J connectivity index is 2.73. The lowest BCUT2D eigenvalue weighted by Gasteiger charge is -2.14. The smallest absolute Gasteiger partial charge is 0.252 e. The highest BCUT2D eigenvalue weighted by Gasteiger charge is 2.16. The Bertz CT molecular complexity index is 458. The lowest BCUT2D eigenvalue weighted by molar-refractivity contribution is -0.122. The van der Waals surface area contributed by atoms with Crippen molar-refractivity contribution in [2.75, 3.05) is 12.3 Å². The highest BCUT2D eigenvalue weighted by molar-refractivity contribution is 5.98. The molecule has 1 atom stereocenters.